The van der Waals surface area contributed by atoms with Crippen molar-refractivity contribution in [3.8, 4) is 22.5 Å². The van der Waals surface area contributed by atoms with Crippen molar-refractivity contribution in [2.24, 2.45) is 0 Å². The molecule has 3 aromatic rings. The minimum atomic E-state index is 0.665. The average molecular weight is 399 g/mol. The van der Waals surface area contributed by atoms with Gasteiger partial charge in [0.05, 0.1) is 21.7 Å². The van der Waals surface area contributed by atoms with E-state index >= 15 is 0 Å². The Hall–Kier alpha value is -2.45. The summed E-state index contributed by atoms with van der Waals surface area (Å²) in [4.78, 5) is 0. The van der Waals surface area contributed by atoms with E-state index in [1.54, 1.807) is 22.3 Å². The Kier molecular flexibility index (Phi) is 3.07. The van der Waals surface area contributed by atoms with Crippen LogP contribution in [0.25, 0.3) is 33.3 Å². The van der Waals surface area contributed by atoms with Crippen LogP contribution in [0.3, 0.4) is 0 Å². The van der Waals surface area contributed by atoms with Gasteiger partial charge in [-0.2, -0.15) is 0 Å². The van der Waals surface area contributed by atoms with Crippen molar-refractivity contribution in [1.29, 1.82) is 0 Å². The third-order valence-electron chi connectivity index (χ3n) is 4.13. The van der Waals surface area contributed by atoms with E-state index < -0.39 is 0 Å². The first-order valence-corrected chi connectivity index (χ1v) is 9.02. The zero-order chi connectivity index (χ0) is 16.1. The van der Waals surface area contributed by atoms with E-state index in [9.17, 15) is 0 Å². The molecule has 0 saturated heterocycles. The molecule has 5 rings (SSSR count). The lowest BCUT2D eigenvalue weighted by Crippen LogP contribution is -2.00. The second-order valence-electron chi connectivity index (χ2n) is 5.63. The molecular weight excluding hydrogens is 388 g/mol. The van der Waals surface area contributed by atoms with Crippen LogP contribution in [0.5, 0.6) is 0 Å². The standard InChI is InChI=1S/C16H11BrN6S/c17-14-5-11(7-24-14)15-13-4-10-3-9(6-23-8-18-21-22-23)1-2-12(10)16(13)20-19-15/h1-5,7-8,19-20H,6H2. The van der Waals surface area contributed by atoms with Gasteiger partial charge < -0.3 is 0 Å². The first kappa shape index (κ1) is 13.9. The Morgan fingerprint density at radius 3 is 2.83 bits per heavy atom. The molecule has 0 atom stereocenters. The van der Waals surface area contributed by atoms with Crippen LogP contribution in [-0.2, 0) is 6.54 Å². The van der Waals surface area contributed by atoms with Crippen LogP contribution in [0.2, 0.25) is 0 Å². The van der Waals surface area contributed by atoms with Gasteiger partial charge in [-0.1, -0.05) is 12.1 Å². The third-order valence-corrected chi connectivity index (χ3v) is 5.63. The molecule has 24 heavy (non-hydrogen) atoms. The average Bonchev–Trinajstić information content (AvgIpc) is 3.31. The fourth-order valence-corrected chi connectivity index (χ4v) is 4.21. The molecule has 6 nitrogen and oxygen atoms in total. The number of hydrogen-bond acceptors (Lipinski definition) is 4. The fraction of sp³-hybridized carbons (Fsp3) is 0.0625. The molecule has 3 heterocycles. The molecule has 0 bridgehead atoms. The fourth-order valence-electron chi connectivity index (χ4n) is 3.06. The number of thiophene rings is 1. The first-order valence-electron chi connectivity index (χ1n) is 7.35. The summed E-state index contributed by atoms with van der Waals surface area (Å²) in [6.45, 7) is 0.665. The predicted molar refractivity (Wildman–Crippen MR) is 97.2 cm³/mol. The molecular formula is C16H11BrN6S. The van der Waals surface area contributed by atoms with Crippen molar-refractivity contribution in [1.82, 2.24) is 30.4 Å². The normalized spacial score (nSPS) is 11.7. The second kappa shape index (κ2) is 5.29. The maximum Gasteiger partial charge on any atom is 0.138 e. The van der Waals surface area contributed by atoms with Gasteiger partial charge in [-0.15, -0.1) is 16.4 Å². The zero-order valence-electron chi connectivity index (χ0n) is 12.3. The Labute approximate surface area is 149 Å². The number of hydrogen-bond donors (Lipinski definition) is 2. The van der Waals surface area contributed by atoms with Crippen LogP contribution in [0.4, 0.5) is 0 Å². The second-order valence-corrected chi connectivity index (χ2v) is 7.92. The number of fused-ring (bicyclic) bond motifs is 3. The van der Waals surface area contributed by atoms with E-state index in [4.69, 9.17) is 0 Å². The summed E-state index contributed by atoms with van der Waals surface area (Å²) in [5.74, 6) is 0. The molecule has 1 aromatic carbocycles. The smallest absolute Gasteiger partial charge is 0.138 e. The summed E-state index contributed by atoms with van der Waals surface area (Å²) < 4.78 is 2.85. The van der Waals surface area contributed by atoms with Gasteiger partial charge in [0.2, 0.25) is 0 Å². The van der Waals surface area contributed by atoms with Gasteiger partial charge in [0.25, 0.3) is 0 Å². The third kappa shape index (κ3) is 2.18. The Balaban J connectivity index is 1.61. The molecule has 2 aromatic heterocycles. The van der Waals surface area contributed by atoms with E-state index in [0.717, 1.165) is 15.2 Å². The van der Waals surface area contributed by atoms with Gasteiger partial charge >= 0.3 is 0 Å². The maximum absolute atomic E-state index is 3.92. The highest BCUT2D eigenvalue weighted by molar-refractivity contribution is 9.11. The maximum atomic E-state index is 3.92. The lowest BCUT2D eigenvalue weighted by molar-refractivity contribution is 0.648. The number of nitrogens with one attached hydrogen (secondary N) is 2. The molecule has 0 fully saturated rings. The summed E-state index contributed by atoms with van der Waals surface area (Å²) in [5, 5.41) is 22.4. The van der Waals surface area contributed by atoms with Gasteiger partial charge in [0, 0.05) is 21.9 Å². The Morgan fingerprint density at radius 2 is 2.04 bits per heavy atom. The number of H-pyrrole nitrogens is 2. The molecule has 0 unspecified atom stereocenters. The molecule has 1 aliphatic carbocycles. The van der Waals surface area contributed by atoms with Crippen molar-refractivity contribution < 1.29 is 0 Å². The number of tetrazole rings is 1. The Morgan fingerprint density at radius 1 is 1.12 bits per heavy atom. The highest BCUT2D eigenvalue weighted by Crippen LogP contribution is 2.41. The van der Waals surface area contributed by atoms with Gasteiger partial charge in [0.15, 0.2) is 0 Å². The number of nitrogens with zero attached hydrogens (tertiary/aromatic N) is 4. The van der Waals surface area contributed by atoms with E-state index in [1.165, 1.54) is 27.5 Å². The highest BCUT2D eigenvalue weighted by atomic mass is 79.9. The molecule has 0 spiro atoms. The van der Waals surface area contributed by atoms with Crippen molar-refractivity contribution in [2.75, 3.05) is 0 Å². The first-order chi connectivity index (χ1) is 11.8. The van der Waals surface area contributed by atoms with Gasteiger partial charge in [0.1, 0.15) is 6.33 Å². The van der Waals surface area contributed by atoms with Crippen LogP contribution >= 0.6 is 27.3 Å². The van der Waals surface area contributed by atoms with Crippen molar-refractivity contribution in [3.63, 3.8) is 0 Å². The van der Waals surface area contributed by atoms with Gasteiger partial charge in [-0.25, -0.2) is 4.68 Å². The summed E-state index contributed by atoms with van der Waals surface area (Å²) in [6.07, 6.45) is 1.63. The molecule has 2 N–H and O–H groups in total. The zero-order valence-corrected chi connectivity index (χ0v) is 14.7. The molecule has 8 heteroatoms. The lowest BCUT2D eigenvalue weighted by atomic mass is 10.1. The number of benzene rings is 1. The van der Waals surface area contributed by atoms with E-state index in [-0.39, 0.29) is 0 Å². The number of rotatable bonds is 3. The van der Waals surface area contributed by atoms with Gasteiger partial charge in [-0.3, -0.25) is 10.2 Å². The molecule has 118 valence electrons. The number of halogens is 1. The quantitative estimate of drug-likeness (QED) is 0.479. The molecule has 1 aliphatic heterocycles. The minimum Gasteiger partial charge on any atom is -0.300 e. The van der Waals surface area contributed by atoms with E-state index in [0.29, 0.717) is 6.54 Å². The van der Waals surface area contributed by atoms with E-state index in [2.05, 4.69) is 77.4 Å². The monoisotopic (exact) mass is 398 g/mol. The van der Waals surface area contributed by atoms with E-state index in [1.807, 2.05) is 0 Å². The summed E-state index contributed by atoms with van der Waals surface area (Å²) in [7, 11) is 0. The summed E-state index contributed by atoms with van der Waals surface area (Å²) >= 11 is 5.21. The lowest BCUT2D eigenvalue weighted by Gasteiger charge is -2.00. The molecule has 0 radical (unpaired) electrons. The number of aromatic amines is 2. The predicted octanol–water partition coefficient (Wildman–Crippen LogP) is 4.13. The summed E-state index contributed by atoms with van der Waals surface area (Å²) in [6, 6.07) is 10.8. The Bertz CT molecular complexity index is 1100. The van der Waals surface area contributed by atoms with Crippen LogP contribution in [-0.4, -0.2) is 30.4 Å². The van der Waals surface area contributed by atoms with Crippen LogP contribution in [0, 0.1) is 0 Å². The SMILES string of the molecule is Brc1cc(-c2[nH][nH]c3c4ccc(Cn5cnnn5)cc4cc2-3)cs1. The van der Waals surface area contributed by atoms with Crippen LogP contribution in [0.15, 0.2) is 45.8 Å². The summed E-state index contributed by atoms with van der Waals surface area (Å²) in [5.41, 5.74) is 5.81. The largest absolute Gasteiger partial charge is 0.300 e. The van der Waals surface area contributed by atoms with Crippen molar-refractivity contribution >= 4 is 38.0 Å². The van der Waals surface area contributed by atoms with Crippen molar-refractivity contribution in [3.05, 3.63) is 51.4 Å². The number of aromatic nitrogens is 6. The van der Waals surface area contributed by atoms with Crippen LogP contribution in [0.1, 0.15) is 5.56 Å². The minimum absolute atomic E-state index is 0.665. The highest BCUT2D eigenvalue weighted by Gasteiger charge is 2.18. The topological polar surface area (TPSA) is 75.2 Å². The molecule has 0 amide bonds. The molecule has 2 aliphatic rings. The van der Waals surface area contributed by atoms with Crippen molar-refractivity contribution in [2.45, 2.75) is 6.54 Å². The van der Waals surface area contributed by atoms with Gasteiger partial charge in [-0.05, 0) is 55.5 Å². The molecule has 0 saturated carbocycles. The van der Waals surface area contributed by atoms with Crippen LogP contribution < -0.4 is 0 Å².